The number of carbonyl (C=O) groups excluding carboxylic acids is 2. The topological polar surface area (TPSA) is 71.5 Å². The Hall–Kier alpha value is -2.58. The van der Waals surface area contributed by atoms with E-state index in [4.69, 9.17) is 4.74 Å². The number of nitrogens with one attached hydrogen (secondary N) is 1. The molecule has 6 nitrogen and oxygen atoms in total. The molecule has 0 saturated heterocycles. The van der Waals surface area contributed by atoms with Gasteiger partial charge in [-0.25, -0.2) is 4.79 Å². The number of fused-ring (bicyclic) bond motifs is 1. The van der Waals surface area contributed by atoms with Gasteiger partial charge in [0.2, 0.25) is 5.91 Å². The van der Waals surface area contributed by atoms with Crippen molar-refractivity contribution in [2.24, 2.45) is 5.41 Å². The Kier molecular flexibility index (Phi) is 6.08. The zero-order chi connectivity index (χ0) is 23.0. The van der Waals surface area contributed by atoms with E-state index in [-0.39, 0.29) is 18.5 Å². The predicted octanol–water partition coefficient (Wildman–Crippen LogP) is 4.23. The molecule has 1 aromatic rings. The Labute approximate surface area is 179 Å². The van der Waals surface area contributed by atoms with E-state index in [9.17, 15) is 22.8 Å². The number of rotatable bonds is 3. The number of halogens is 3. The summed E-state index contributed by atoms with van der Waals surface area (Å²) in [5, 5.41) is 2.77. The van der Waals surface area contributed by atoms with Crippen LogP contribution in [0.4, 0.5) is 18.0 Å². The van der Waals surface area contributed by atoms with Crippen LogP contribution in [0.1, 0.15) is 57.4 Å². The highest BCUT2D eigenvalue weighted by atomic mass is 19.4. The molecule has 0 saturated carbocycles. The number of aromatic nitrogens is 1. The third kappa shape index (κ3) is 5.19. The predicted molar refractivity (Wildman–Crippen MR) is 108 cm³/mol. The molecule has 2 aliphatic rings. The van der Waals surface area contributed by atoms with Crippen LogP contribution < -0.4 is 5.32 Å². The van der Waals surface area contributed by atoms with Crippen LogP contribution in [-0.2, 0) is 28.7 Å². The van der Waals surface area contributed by atoms with E-state index < -0.39 is 28.8 Å². The molecule has 3 rings (SSSR count). The van der Waals surface area contributed by atoms with E-state index >= 15 is 0 Å². The van der Waals surface area contributed by atoms with Gasteiger partial charge >= 0.3 is 12.3 Å². The van der Waals surface area contributed by atoms with Crippen LogP contribution in [0.2, 0.25) is 0 Å². The Bertz CT molecular complexity index is 892. The second-order valence-corrected chi connectivity index (χ2v) is 9.13. The lowest BCUT2D eigenvalue weighted by Gasteiger charge is -2.36. The Balaban J connectivity index is 1.71. The lowest BCUT2D eigenvalue weighted by molar-refractivity contribution is -0.141. The van der Waals surface area contributed by atoms with Crippen LogP contribution in [0.15, 0.2) is 24.4 Å². The van der Waals surface area contributed by atoms with Crippen molar-refractivity contribution in [1.29, 1.82) is 0 Å². The number of amides is 2. The molecule has 0 fully saturated rings. The quantitative estimate of drug-likeness (QED) is 0.716. The largest absolute Gasteiger partial charge is 0.444 e. The maximum absolute atomic E-state index is 13.4. The second kappa shape index (κ2) is 8.16. The van der Waals surface area contributed by atoms with E-state index in [1.54, 1.807) is 37.8 Å². The van der Waals surface area contributed by atoms with Gasteiger partial charge in [0, 0.05) is 31.4 Å². The minimum Gasteiger partial charge on any atom is -0.444 e. The standard InChI is InChI=1S/C22H28F3N3O3/c1-5-21(8-6-16(11-21)27-19(30)31-20(2,3)4)18(29)28-9-7-17-14(13-28)10-15(12-26-17)22(23,24)25/h6,8,10,12,16H,5,7,9,11,13H2,1-4H3,(H,27,30)/t16-,21+/m1/s1. The Morgan fingerprint density at radius 2 is 2.03 bits per heavy atom. The molecule has 170 valence electrons. The Morgan fingerprint density at radius 1 is 1.32 bits per heavy atom. The van der Waals surface area contributed by atoms with Crippen LogP contribution in [0.5, 0.6) is 0 Å². The molecular formula is C22H28F3N3O3. The molecule has 0 radical (unpaired) electrons. The highest BCUT2D eigenvalue weighted by Gasteiger charge is 2.44. The van der Waals surface area contributed by atoms with Gasteiger partial charge in [-0.15, -0.1) is 0 Å². The zero-order valence-electron chi connectivity index (χ0n) is 18.2. The first kappa shape index (κ1) is 23.1. The third-order valence-electron chi connectivity index (χ3n) is 5.64. The van der Waals surface area contributed by atoms with E-state index in [2.05, 4.69) is 10.3 Å². The van der Waals surface area contributed by atoms with Gasteiger partial charge in [-0.3, -0.25) is 9.78 Å². The molecule has 1 N–H and O–H groups in total. The van der Waals surface area contributed by atoms with Crippen molar-refractivity contribution in [2.45, 2.75) is 71.3 Å². The van der Waals surface area contributed by atoms with E-state index in [1.807, 2.05) is 6.92 Å². The minimum absolute atomic E-state index is 0.0881. The molecule has 0 spiro atoms. The average molecular weight is 439 g/mol. The number of nitrogens with zero attached hydrogens (tertiary/aromatic N) is 2. The number of ether oxygens (including phenoxy) is 1. The van der Waals surface area contributed by atoms with Gasteiger partial charge in [-0.1, -0.05) is 19.1 Å². The molecule has 0 unspecified atom stereocenters. The van der Waals surface area contributed by atoms with Crippen LogP contribution in [0, 0.1) is 5.41 Å². The summed E-state index contributed by atoms with van der Waals surface area (Å²) in [4.78, 5) is 31.0. The summed E-state index contributed by atoms with van der Waals surface area (Å²) in [6.45, 7) is 7.67. The van der Waals surface area contributed by atoms with E-state index in [0.717, 1.165) is 12.3 Å². The van der Waals surface area contributed by atoms with Gasteiger partial charge in [0.05, 0.1) is 17.0 Å². The highest BCUT2D eigenvalue weighted by molar-refractivity contribution is 5.86. The molecule has 1 aliphatic heterocycles. The van der Waals surface area contributed by atoms with Gasteiger partial charge in [0.1, 0.15) is 5.60 Å². The maximum atomic E-state index is 13.4. The van der Waals surface area contributed by atoms with Crippen molar-refractivity contribution in [1.82, 2.24) is 15.2 Å². The van der Waals surface area contributed by atoms with Gasteiger partial charge < -0.3 is 15.0 Å². The number of alkyl halides is 3. The molecule has 1 aliphatic carbocycles. The average Bonchev–Trinajstić information content (AvgIpc) is 3.08. The molecule has 9 heteroatoms. The van der Waals surface area contributed by atoms with Gasteiger partial charge in [-0.2, -0.15) is 13.2 Å². The number of carbonyl (C=O) groups is 2. The summed E-state index contributed by atoms with van der Waals surface area (Å²) in [5.41, 5.74) is -1.24. The monoisotopic (exact) mass is 439 g/mol. The lowest BCUT2D eigenvalue weighted by atomic mass is 9.81. The SMILES string of the molecule is CC[C@]1(C(=O)N2CCc3ncc(C(F)(F)F)cc3C2)C=C[C@@H](NC(=O)OC(C)(C)C)C1. The minimum atomic E-state index is -4.48. The highest BCUT2D eigenvalue weighted by Crippen LogP contribution is 2.39. The molecule has 2 atom stereocenters. The third-order valence-corrected chi connectivity index (χ3v) is 5.64. The normalized spacial score (nSPS) is 23.5. The number of hydrogen-bond acceptors (Lipinski definition) is 4. The molecular weight excluding hydrogens is 411 g/mol. The van der Waals surface area contributed by atoms with Gasteiger partial charge in [0.15, 0.2) is 0 Å². The smallest absolute Gasteiger partial charge is 0.417 e. The van der Waals surface area contributed by atoms with Crippen molar-refractivity contribution < 1.29 is 27.5 Å². The molecule has 31 heavy (non-hydrogen) atoms. The molecule has 1 aromatic heterocycles. The van der Waals surface area contributed by atoms with Crippen LogP contribution >= 0.6 is 0 Å². The molecule has 0 aromatic carbocycles. The molecule has 0 bridgehead atoms. The molecule has 2 amide bonds. The summed E-state index contributed by atoms with van der Waals surface area (Å²) in [6, 6.07) is 0.729. The first-order valence-electron chi connectivity index (χ1n) is 10.4. The number of alkyl carbamates (subject to hydrolysis) is 1. The lowest BCUT2D eigenvalue weighted by Crippen LogP contribution is -2.46. The maximum Gasteiger partial charge on any atom is 0.417 e. The van der Waals surface area contributed by atoms with Crippen molar-refractivity contribution in [2.75, 3.05) is 6.54 Å². The summed E-state index contributed by atoms with van der Waals surface area (Å²) in [5.74, 6) is -0.150. The zero-order valence-corrected chi connectivity index (χ0v) is 18.2. The van der Waals surface area contributed by atoms with Crippen LogP contribution in [0.25, 0.3) is 0 Å². The number of pyridine rings is 1. The van der Waals surface area contributed by atoms with E-state index in [0.29, 0.717) is 37.1 Å². The number of hydrogen-bond donors (Lipinski definition) is 1. The van der Waals surface area contributed by atoms with Crippen LogP contribution in [-0.4, -0.2) is 40.1 Å². The fourth-order valence-corrected chi connectivity index (χ4v) is 4.03. The summed E-state index contributed by atoms with van der Waals surface area (Å²) in [7, 11) is 0. The summed E-state index contributed by atoms with van der Waals surface area (Å²) >= 11 is 0. The van der Waals surface area contributed by atoms with Crippen molar-refractivity contribution >= 4 is 12.0 Å². The summed E-state index contributed by atoms with van der Waals surface area (Å²) < 4.78 is 44.4. The molecule has 2 heterocycles. The van der Waals surface area contributed by atoms with Crippen molar-refractivity contribution in [3.8, 4) is 0 Å². The summed E-state index contributed by atoms with van der Waals surface area (Å²) in [6.07, 6.45) is 0.695. The Morgan fingerprint density at radius 3 is 2.65 bits per heavy atom. The second-order valence-electron chi connectivity index (χ2n) is 9.13. The van der Waals surface area contributed by atoms with E-state index in [1.165, 1.54) is 0 Å². The fourth-order valence-electron chi connectivity index (χ4n) is 4.03. The van der Waals surface area contributed by atoms with Crippen molar-refractivity contribution in [3.63, 3.8) is 0 Å². The van der Waals surface area contributed by atoms with Gasteiger partial charge in [-0.05, 0) is 45.2 Å². The van der Waals surface area contributed by atoms with Crippen LogP contribution in [0.3, 0.4) is 0 Å². The van der Waals surface area contributed by atoms with Crippen molar-refractivity contribution in [3.05, 3.63) is 41.2 Å². The fraction of sp³-hybridized carbons (Fsp3) is 0.591. The van der Waals surface area contributed by atoms with Gasteiger partial charge in [0.25, 0.3) is 0 Å². The first-order chi connectivity index (χ1) is 14.3. The first-order valence-corrected chi connectivity index (χ1v) is 10.4.